The smallest absolute Gasteiger partial charge is 0.242 e. The Morgan fingerprint density at radius 3 is 2.29 bits per heavy atom. The van der Waals surface area contributed by atoms with Crippen molar-refractivity contribution in [2.45, 2.75) is 37.0 Å². The van der Waals surface area contributed by atoms with E-state index in [1.54, 1.807) is 17.0 Å². The number of hydrogen-bond acceptors (Lipinski definition) is 4. The third-order valence-corrected chi connectivity index (χ3v) is 7.37. The fraction of sp³-hybridized carbons (Fsp3) is 0.579. The SMILES string of the molecule is O=C(CCNS(=O)(=O)c1ccccc1Cl)N1CCN(C(=O)C2CCCC2)CC1. The molecule has 1 heterocycles. The van der Waals surface area contributed by atoms with Crippen molar-refractivity contribution in [3.8, 4) is 0 Å². The van der Waals surface area contributed by atoms with Crippen molar-refractivity contribution >= 4 is 33.4 Å². The topological polar surface area (TPSA) is 86.8 Å². The Balaban J connectivity index is 1.43. The van der Waals surface area contributed by atoms with Gasteiger partial charge >= 0.3 is 0 Å². The normalized spacial score (nSPS) is 18.5. The zero-order valence-corrected chi connectivity index (χ0v) is 17.3. The highest BCUT2D eigenvalue weighted by Crippen LogP contribution is 2.27. The monoisotopic (exact) mass is 427 g/mol. The molecular weight excluding hydrogens is 402 g/mol. The fourth-order valence-electron chi connectivity index (χ4n) is 3.80. The van der Waals surface area contributed by atoms with Gasteiger partial charge in [-0.05, 0) is 25.0 Å². The van der Waals surface area contributed by atoms with Crippen LogP contribution in [0, 0.1) is 5.92 Å². The van der Waals surface area contributed by atoms with Crippen LogP contribution in [-0.2, 0) is 19.6 Å². The van der Waals surface area contributed by atoms with E-state index in [0.717, 1.165) is 25.7 Å². The minimum atomic E-state index is -3.75. The number of rotatable bonds is 6. The van der Waals surface area contributed by atoms with Crippen LogP contribution in [0.1, 0.15) is 32.1 Å². The zero-order chi connectivity index (χ0) is 20.1. The Morgan fingerprint density at radius 2 is 1.64 bits per heavy atom. The lowest BCUT2D eigenvalue weighted by molar-refractivity contribution is -0.142. The minimum absolute atomic E-state index is 0.00292. The first-order chi connectivity index (χ1) is 13.4. The molecule has 0 atom stereocenters. The summed E-state index contributed by atoms with van der Waals surface area (Å²) in [4.78, 5) is 28.4. The van der Waals surface area contributed by atoms with Crippen LogP contribution in [0.25, 0.3) is 0 Å². The Labute approximate surface area is 171 Å². The van der Waals surface area contributed by atoms with Crippen LogP contribution in [0.2, 0.25) is 5.02 Å². The second-order valence-corrected chi connectivity index (χ2v) is 9.41. The van der Waals surface area contributed by atoms with Gasteiger partial charge in [0.15, 0.2) is 0 Å². The number of carbonyl (C=O) groups is 2. The number of amides is 2. The summed E-state index contributed by atoms with van der Waals surface area (Å²) in [5, 5.41) is 0.143. The zero-order valence-electron chi connectivity index (χ0n) is 15.8. The van der Waals surface area contributed by atoms with E-state index < -0.39 is 10.0 Å². The summed E-state index contributed by atoms with van der Waals surface area (Å²) in [6.07, 6.45) is 4.27. The van der Waals surface area contributed by atoms with E-state index in [9.17, 15) is 18.0 Å². The average Bonchev–Trinajstić information content (AvgIpc) is 3.22. The number of nitrogens with zero attached hydrogens (tertiary/aromatic N) is 2. The lowest BCUT2D eigenvalue weighted by Gasteiger charge is -2.36. The van der Waals surface area contributed by atoms with E-state index in [2.05, 4.69) is 4.72 Å². The summed E-state index contributed by atoms with van der Waals surface area (Å²) in [6, 6.07) is 6.18. The summed E-state index contributed by atoms with van der Waals surface area (Å²) >= 11 is 5.93. The van der Waals surface area contributed by atoms with Crippen LogP contribution in [0.5, 0.6) is 0 Å². The van der Waals surface area contributed by atoms with Crippen LogP contribution in [0.15, 0.2) is 29.2 Å². The summed E-state index contributed by atoms with van der Waals surface area (Å²) in [6.45, 7) is 2.09. The van der Waals surface area contributed by atoms with Gasteiger partial charge in [-0.3, -0.25) is 9.59 Å². The van der Waals surface area contributed by atoms with E-state index in [0.29, 0.717) is 26.2 Å². The molecule has 1 saturated heterocycles. The lowest BCUT2D eigenvalue weighted by Crippen LogP contribution is -2.52. The molecule has 0 aromatic heterocycles. The second kappa shape index (κ2) is 9.24. The van der Waals surface area contributed by atoms with Crippen LogP contribution in [0.4, 0.5) is 0 Å². The van der Waals surface area contributed by atoms with Crippen LogP contribution < -0.4 is 4.72 Å². The summed E-state index contributed by atoms with van der Waals surface area (Å²) in [5.74, 6) is 0.258. The van der Waals surface area contributed by atoms with Gasteiger partial charge in [0.05, 0.1) is 5.02 Å². The third-order valence-electron chi connectivity index (χ3n) is 5.41. The molecule has 1 saturated carbocycles. The molecule has 2 fully saturated rings. The molecule has 0 radical (unpaired) electrons. The highest BCUT2D eigenvalue weighted by Gasteiger charge is 2.30. The van der Waals surface area contributed by atoms with Gasteiger partial charge in [0.25, 0.3) is 0 Å². The Morgan fingerprint density at radius 1 is 1.04 bits per heavy atom. The second-order valence-electron chi connectivity index (χ2n) is 7.27. The molecule has 1 aliphatic heterocycles. The molecule has 9 heteroatoms. The average molecular weight is 428 g/mol. The van der Waals surface area contributed by atoms with Crippen molar-refractivity contribution in [1.82, 2.24) is 14.5 Å². The molecule has 1 aromatic carbocycles. The largest absolute Gasteiger partial charge is 0.339 e. The number of hydrogen-bond donors (Lipinski definition) is 1. The van der Waals surface area contributed by atoms with Crippen molar-refractivity contribution < 1.29 is 18.0 Å². The highest BCUT2D eigenvalue weighted by atomic mass is 35.5. The first-order valence-corrected chi connectivity index (χ1v) is 11.6. The number of piperazine rings is 1. The van der Waals surface area contributed by atoms with Gasteiger partial charge in [0.2, 0.25) is 21.8 Å². The summed E-state index contributed by atoms with van der Waals surface area (Å²) in [5.41, 5.74) is 0. The van der Waals surface area contributed by atoms with Crippen LogP contribution >= 0.6 is 11.6 Å². The molecule has 0 unspecified atom stereocenters. The number of benzene rings is 1. The minimum Gasteiger partial charge on any atom is -0.339 e. The fourth-order valence-corrected chi connectivity index (χ4v) is 5.35. The molecule has 1 aromatic rings. The summed E-state index contributed by atoms with van der Waals surface area (Å²) in [7, 11) is -3.75. The molecule has 1 aliphatic carbocycles. The third kappa shape index (κ3) is 5.04. The first kappa shape index (κ1) is 21.1. The molecule has 7 nitrogen and oxygen atoms in total. The van der Waals surface area contributed by atoms with Crippen molar-refractivity contribution in [2.24, 2.45) is 5.92 Å². The number of sulfonamides is 1. The van der Waals surface area contributed by atoms with Gasteiger partial charge in [-0.1, -0.05) is 36.6 Å². The number of nitrogens with one attached hydrogen (secondary N) is 1. The van der Waals surface area contributed by atoms with Gasteiger partial charge in [-0.15, -0.1) is 0 Å². The molecule has 28 heavy (non-hydrogen) atoms. The van der Waals surface area contributed by atoms with Gasteiger partial charge in [0, 0.05) is 45.1 Å². The van der Waals surface area contributed by atoms with Crippen molar-refractivity contribution in [3.63, 3.8) is 0 Å². The van der Waals surface area contributed by atoms with Crippen LogP contribution in [-0.4, -0.2) is 62.8 Å². The van der Waals surface area contributed by atoms with Crippen molar-refractivity contribution in [1.29, 1.82) is 0 Å². The molecule has 2 aliphatic rings. The van der Waals surface area contributed by atoms with E-state index in [1.165, 1.54) is 12.1 Å². The van der Waals surface area contributed by atoms with Crippen molar-refractivity contribution in [2.75, 3.05) is 32.7 Å². The van der Waals surface area contributed by atoms with Gasteiger partial charge in [0.1, 0.15) is 4.90 Å². The van der Waals surface area contributed by atoms with Crippen molar-refractivity contribution in [3.05, 3.63) is 29.3 Å². The quantitative estimate of drug-likeness (QED) is 0.750. The summed E-state index contributed by atoms with van der Waals surface area (Å²) < 4.78 is 27.0. The number of halogens is 1. The van der Waals surface area contributed by atoms with Gasteiger partial charge in [-0.25, -0.2) is 13.1 Å². The highest BCUT2D eigenvalue weighted by molar-refractivity contribution is 7.89. The van der Waals surface area contributed by atoms with E-state index in [-0.39, 0.29) is 40.6 Å². The maximum atomic E-state index is 12.5. The van der Waals surface area contributed by atoms with E-state index >= 15 is 0 Å². The van der Waals surface area contributed by atoms with Gasteiger partial charge < -0.3 is 9.80 Å². The molecular formula is C19H26ClN3O4S. The maximum Gasteiger partial charge on any atom is 0.242 e. The predicted octanol–water partition coefficient (Wildman–Crippen LogP) is 1.87. The Hall–Kier alpha value is -1.64. The predicted molar refractivity (Wildman–Crippen MR) is 106 cm³/mol. The standard InChI is InChI=1S/C19H26ClN3O4S/c20-16-7-3-4-8-17(16)28(26,27)21-10-9-18(24)22-11-13-23(14-12-22)19(25)15-5-1-2-6-15/h3-4,7-8,15,21H,1-2,5-6,9-14H2. The Kier molecular flexibility index (Phi) is 6.95. The molecule has 154 valence electrons. The molecule has 2 amide bonds. The van der Waals surface area contributed by atoms with E-state index in [4.69, 9.17) is 11.6 Å². The molecule has 0 bridgehead atoms. The van der Waals surface area contributed by atoms with E-state index in [1.807, 2.05) is 4.90 Å². The van der Waals surface area contributed by atoms with Gasteiger partial charge in [-0.2, -0.15) is 0 Å². The molecule has 3 rings (SSSR count). The molecule has 0 spiro atoms. The Bertz CT molecular complexity index is 816. The lowest BCUT2D eigenvalue weighted by atomic mass is 10.1. The van der Waals surface area contributed by atoms with Crippen LogP contribution in [0.3, 0.4) is 0 Å². The first-order valence-electron chi connectivity index (χ1n) is 9.69. The number of carbonyl (C=O) groups excluding carboxylic acids is 2. The maximum absolute atomic E-state index is 12.5. The molecule has 1 N–H and O–H groups in total.